The Bertz CT molecular complexity index is 1050. The number of halogens is 2. The van der Waals surface area contributed by atoms with Gasteiger partial charge in [-0.2, -0.15) is 0 Å². The number of benzene rings is 2. The van der Waals surface area contributed by atoms with Gasteiger partial charge < -0.3 is 19.7 Å². The monoisotopic (exact) mass is 418 g/mol. The quantitative estimate of drug-likeness (QED) is 0.535. The minimum atomic E-state index is -1.03. The van der Waals surface area contributed by atoms with Gasteiger partial charge in [0.15, 0.2) is 0 Å². The summed E-state index contributed by atoms with van der Waals surface area (Å²) in [6, 6.07) is 9.87. The van der Waals surface area contributed by atoms with Crippen LogP contribution < -0.4 is 10.1 Å². The Morgan fingerprint density at radius 1 is 1.31 bits per heavy atom. The molecule has 0 aliphatic carbocycles. The van der Waals surface area contributed by atoms with Crippen LogP contribution in [-0.2, 0) is 13.1 Å². The smallest absolute Gasteiger partial charge is 0.352 e. The average Bonchev–Trinajstić information content (AvgIpc) is 3.00. The standard InChI is InChI=1S/C22H24ClFN2O3/c1-4-13(2)25-11-18-17-8-7-16(29-3)10-20(17)26(21(18)22(27)28)12-14-5-6-15(24)9-19(14)23/h5-10,13,25H,4,11-12H2,1-3H3,(H,27,28). The molecule has 2 aromatic carbocycles. The Kier molecular flexibility index (Phi) is 6.45. The molecule has 0 aliphatic rings. The summed E-state index contributed by atoms with van der Waals surface area (Å²) in [6.45, 7) is 4.75. The minimum absolute atomic E-state index is 0.185. The summed E-state index contributed by atoms with van der Waals surface area (Å²) in [5.41, 5.74) is 2.25. The summed E-state index contributed by atoms with van der Waals surface area (Å²) in [4.78, 5) is 12.2. The van der Waals surface area contributed by atoms with Crippen LogP contribution in [0.25, 0.3) is 10.9 Å². The van der Waals surface area contributed by atoms with Crippen LogP contribution in [0.1, 0.15) is 41.9 Å². The van der Waals surface area contributed by atoms with Crippen LogP contribution >= 0.6 is 11.6 Å². The molecular formula is C22H24ClFN2O3. The Morgan fingerprint density at radius 3 is 2.69 bits per heavy atom. The molecule has 0 amide bonds. The van der Waals surface area contributed by atoms with E-state index in [-0.39, 0.29) is 23.3 Å². The van der Waals surface area contributed by atoms with Gasteiger partial charge in [0, 0.05) is 41.2 Å². The van der Waals surface area contributed by atoms with E-state index in [0.717, 1.165) is 17.3 Å². The third-order valence-corrected chi connectivity index (χ3v) is 5.51. The number of carbonyl (C=O) groups is 1. The lowest BCUT2D eigenvalue weighted by atomic mass is 10.1. The van der Waals surface area contributed by atoms with E-state index in [1.54, 1.807) is 17.7 Å². The lowest BCUT2D eigenvalue weighted by Gasteiger charge is -2.13. The van der Waals surface area contributed by atoms with E-state index >= 15 is 0 Å². The normalized spacial score (nSPS) is 12.3. The van der Waals surface area contributed by atoms with Gasteiger partial charge in [-0.3, -0.25) is 0 Å². The third-order valence-electron chi connectivity index (χ3n) is 5.16. The van der Waals surface area contributed by atoms with Crippen molar-refractivity contribution >= 4 is 28.5 Å². The predicted molar refractivity (Wildman–Crippen MR) is 113 cm³/mol. The molecular weight excluding hydrogens is 395 g/mol. The first-order valence-corrected chi connectivity index (χ1v) is 9.83. The topological polar surface area (TPSA) is 63.5 Å². The fraction of sp³-hybridized carbons (Fsp3) is 0.318. The van der Waals surface area contributed by atoms with Crippen LogP contribution in [0.15, 0.2) is 36.4 Å². The van der Waals surface area contributed by atoms with Gasteiger partial charge >= 0.3 is 5.97 Å². The number of nitrogens with zero attached hydrogens (tertiary/aromatic N) is 1. The van der Waals surface area contributed by atoms with Crippen molar-refractivity contribution in [2.45, 2.75) is 39.4 Å². The summed E-state index contributed by atoms with van der Waals surface area (Å²) in [5.74, 6) is -0.839. The maximum absolute atomic E-state index is 13.4. The van der Waals surface area contributed by atoms with Crippen LogP contribution in [0, 0.1) is 5.82 Å². The summed E-state index contributed by atoms with van der Waals surface area (Å²) in [5, 5.41) is 14.5. The number of fused-ring (bicyclic) bond motifs is 1. The van der Waals surface area contributed by atoms with Crippen LogP contribution in [0.3, 0.4) is 0 Å². The van der Waals surface area contributed by atoms with Crippen molar-refractivity contribution < 1.29 is 19.0 Å². The summed E-state index contributed by atoms with van der Waals surface area (Å²) >= 11 is 6.21. The first-order valence-electron chi connectivity index (χ1n) is 9.45. The Morgan fingerprint density at radius 2 is 2.07 bits per heavy atom. The summed E-state index contributed by atoms with van der Waals surface area (Å²) in [6.07, 6.45) is 0.931. The van der Waals surface area contributed by atoms with E-state index in [9.17, 15) is 14.3 Å². The van der Waals surface area contributed by atoms with Crippen LogP contribution in [0.2, 0.25) is 5.02 Å². The molecule has 3 rings (SSSR count). The molecule has 1 aromatic heterocycles. The first kappa shape index (κ1) is 21.1. The number of hydrogen-bond acceptors (Lipinski definition) is 3. The van der Waals surface area contributed by atoms with Crippen LogP contribution in [0.5, 0.6) is 5.75 Å². The molecule has 0 fully saturated rings. The molecule has 1 atom stereocenters. The fourth-order valence-electron chi connectivity index (χ4n) is 3.36. The number of ether oxygens (including phenoxy) is 1. The molecule has 1 unspecified atom stereocenters. The average molecular weight is 419 g/mol. The molecule has 0 saturated carbocycles. The van der Waals surface area contributed by atoms with Crippen LogP contribution in [-0.4, -0.2) is 28.8 Å². The van der Waals surface area contributed by atoms with Crippen molar-refractivity contribution in [2.75, 3.05) is 7.11 Å². The van der Waals surface area contributed by atoms with E-state index in [1.807, 2.05) is 18.2 Å². The van der Waals surface area contributed by atoms with Crippen molar-refractivity contribution in [1.82, 2.24) is 9.88 Å². The van der Waals surface area contributed by atoms with Gasteiger partial charge in [0.1, 0.15) is 17.3 Å². The number of carboxylic acids is 1. The van der Waals surface area contributed by atoms with Gasteiger partial charge in [-0.1, -0.05) is 24.6 Å². The highest BCUT2D eigenvalue weighted by atomic mass is 35.5. The minimum Gasteiger partial charge on any atom is -0.497 e. The predicted octanol–water partition coefficient (Wildman–Crippen LogP) is 5.08. The van der Waals surface area contributed by atoms with Crippen molar-refractivity contribution in [2.24, 2.45) is 0 Å². The van der Waals surface area contributed by atoms with Gasteiger partial charge in [-0.05, 0) is 43.2 Å². The largest absolute Gasteiger partial charge is 0.497 e. The van der Waals surface area contributed by atoms with Crippen molar-refractivity contribution in [3.63, 3.8) is 0 Å². The Balaban J connectivity index is 2.19. The molecule has 7 heteroatoms. The highest BCUT2D eigenvalue weighted by molar-refractivity contribution is 6.31. The SMILES string of the molecule is CCC(C)NCc1c(C(=O)O)n(Cc2ccc(F)cc2Cl)c2cc(OC)ccc12. The molecule has 0 aliphatic heterocycles. The number of methoxy groups -OCH3 is 1. The zero-order valence-corrected chi connectivity index (χ0v) is 17.4. The van der Waals surface area contributed by atoms with E-state index in [0.29, 0.717) is 23.4 Å². The lowest BCUT2D eigenvalue weighted by molar-refractivity contribution is 0.0684. The number of rotatable bonds is 8. The van der Waals surface area contributed by atoms with Gasteiger partial charge in [-0.15, -0.1) is 0 Å². The van der Waals surface area contributed by atoms with Gasteiger partial charge in [-0.25, -0.2) is 9.18 Å². The highest BCUT2D eigenvalue weighted by Crippen LogP contribution is 2.32. The number of aromatic carboxylic acids is 1. The van der Waals surface area contributed by atoms with E-state index < -0.39 is 11.8 Å². The maximum atomic E-state index is 13.4. The second-order valence-corrected chi connectivity index (χ2v) is 7.43. The second kappa shape index (κ2) is 8.84. The number of hydrogen-bond donors (Lipinski definition) is 2. The summed E-state index contributed by atoms with van der Waals surface area (Å²) in [7, 11) is 1.56. The van der Waals surface area contributed by atoms with Gasteiger partial charge in [0.2, 0.25) is 0 Å². The molecule has 0 saturated heterocycles. The lowest BCUT2D eigenvalue weighted by Crippen LogP contribution is -2.25. The van der Waals surface area contributed by atoms with E-state index in [4.69, 9.17) is 16.3 Å². The van der Waals surface area contributed by atoms with E-state index in [2.05, 4.69) is 19.2 Å². The second-order valence-electron chi connectivity index (χ2n) is 7.03. The molecule has 5 nitrogen and oxygen atoms in total. The molecule has 0 spiro atoms. The molecule has 0 bridgehead atoms. The van der Waals surface area contributed by atoms with Crippen molar-refractivity contribution in [3.8, 4) is 5.75 Å². The van der Waals surface area contributed by atoms with Gasteiger partial charge in [0.05, 0.1) is 12.6 Å². The van der Waals surface area contributed by atoms with Gasteiger partial charge in [0.25, 0.3) is 0 Å². The molecule has 0 radical (unpaired) electrons. The van der Waals surface area contributed by atoms with E-state index in [1.165, 1.54) is 12.1 Å². The zero-order chi connectivity index (χ0) is 21.1. The highest BCUT2D eigenvalue weighted by Gasteiger charge is 2.23. The maximum Gasteiger partial charge on any atom is 0.352 e. The number of carboxylic acid groups (broad SMARTS) is 1. The summed E-state index contributed by atoms with van der Waals surface area (Å²) < 4.78 is 20.5. The molecule has 2 N–H and O–H groups in total. The molecule has 154 valence electrons. The van der Waals surface area contributed by atoms with Crippen LogP contribution in [0.4, 0.5) is 4.39 Å². The third kappa shape index (κ3) is 4.38. The molecule has 1 heterocycles. The molecule has 29 heavy (non-hydrogen) atoms. The fourth-order valence-corrected chi connectivity index (χ4v) is 3.58. The zero-order valence-electron chi connectivity index (χ0n) is 16.6. The van der Waals surface area contributed by atoms with Crippen molar-refractivity contribution in [1.29, 1.82) is 0 Å². The number of nitrogens with one attached hydrogen (secondary N) is 1. The molecule has 3 aromatic rings. The Labute approximate surface area is 174 Å². The van der Waals surface area contributed by atoms with Crippen molar-refractivity contribution in [3.05, 3.63) is 64.1 Å². The number of aromatic nitrogens is 1. The first-order chi connectivity index (χ1) is 13.8. The Hall–Kier alpha value is -2.57.